The maximum absolute atomic E-state index is 11.2. The summed E-state index contributed by atoms with van der Waals surface area (Å²) in [5.41, 5.74) is 1.52. The summed E-state index contributed by atoms with van der Waals surface area (Å²) >= 11 is 0. The molecule has 0 amide bonds. The van der Waals surface area contributed by atoms with Crippen LogP contribution in [0.2, 0.25) is 0 Å². The van der Waals surface area contributed by atoms with E-state index in [0.717, 1.165) is 17.4 Å². The van der Waals surface area contributed by atoms with Gasteiger partial charge in [0.2, 0.25) is 0 Å². The predicted molar refractivity (Wildman–Crippen MR) is 62.0 cm³/mol. The molecule has 0 fully saturated rings. The maximum Gasteiger partial charge on any atom is 0.130 e. The molecule has 0 radical (unpaired) electrons. The van der Waals surface area contributed by atoms with Crippen LogP contribution in [0.4, 0.5) is 0 Å². The van der Waals surface area contributed by atoms with Gasteiger partial charge < -0.3 is 14.7 Å². The third kappa shape index (κ3) is 2.79. The summed E-state index contributed by atoms with van der Waals surface area (Å²) < 4.78 is 0. The average molecular weight is 224 g/mol. The number of hydrogen-bond acceptors (Lipinski definition) is 3. The smallest absolute Gasteiger partial charge is 0.130 e. The summed E-state index contributed by atoms with van der Waals surface area (Å²) in [5, 5.41) is 9.68. The molecule has 0 aromatic rings. The molecule has 0 unspecified atom stereocenters. The van der Waals surface area contributed by atoms with Crippen molar-refractivity contribution in [3.8, 4) is 0 Å². The number of aliphatic hydroxyl groups excluding tert-OH is 1. The lowest BCUT2D eigenvalue weighted by Gasteiger charge is -2.35. The van der Waals surface area contributed by atoms with Gasteiger partial charge in [-0.05, 0) is 40.0 Å². The Bertz CT molecular complexity index is 330. The Kier molecular flexibility index (Phi) is 4.03. The van der Waals surface area contributed by atoms with Crippen molar-refractivity contribution >= 4 is 12.1 Å². The fourth-order valence-electron chi connectivity index (χ4n) is 2.57. The molecule has 3 heteroatoms. The number of hydrogen-bond donors (Lipinski definition) is 1. The number of rotatable bonds is 4. The van der Waals surface area contributed by atoms with Crippen molar-refractivity contribution in [1.82, 2.24) is 0 Å². The first-order valence-corrected chi connectivity index (χ1v) is 5.72. The van der Waals surface area contributed by atoms with Crippen LogP contribution in [0.15, 0.2) is 11.1 Å². The van der Waals surface area contributed by atoms with E-state index in [-0.39, 0.29) is 5.78 Å². The van der Waals surface area contributed by atoms with Gasteiger partial charge in [-0.1, -0.05) is 11.1 Å². The number of aliphatic hydroxyl groups is 1. The molecule has 0 saturated heterocycles. The average Bonchev–Trinajstić information content (AvgIpc) is 2.15. The van der Waals surface area contributed by atoms with Gasteiger partial charge in [0.15, 0.2) is 0 Å². The molecule has 90 valence electrons. The van der Waals surface area contributed by atoms with Crippen molar-refractivity contribution < 1.29 is 14.7 Å². The van der Waals surface area contributed by atoms with E-state index in [1.807, 2.05) is 13.8 Å². The van der Waals surface area contributed by atoms with Gasteiger partial charge in [0.25, 0.3) is 0 Å². The molecule has 1 aliphatic carbocycles. The van der Waals surface area contributed by atoms with E-state index >= 15 is 0 Å². The van der Waals surface area contributed by atoms with Crippen LogP contribution in [0.25, 0.3) is 0 Å². The number of ketones is 1. The number of carbonyl (C=O) groups is 2. The second-order valence-electron chi connectivity index (χ2n) is 5.06. The first-order valence-electron chi connectivity index (χ1n) is 5.72. The standard InChI is InChI=1S/C13H20O3/c1-9-6-11(16)7-13(3,8-14)12(9)5-4-10(2)15/h8,11,16H,4-7H2,1-3H3/t11-,13-/m1/s1. The minimum absolute atomic E-state index is 0.139. The highest BCUT2D eigenvalue weighted by molar-refractivity contribution is 5.76. The molecule has 16 heavy (non-hydrogen) atoms. The highest BCUT2D eigenvalue weighted by Gasteiger charge is 2.36. The molecule has 3 nitrogen and oxygen atoms in total. The normalized spacial score (nSPS) is 30.4. The fraction of sp³-hybridized carbons (Fsp3) is 0.692. The lowest BCUT2D eigenvalue weighted by molar-refractivity contribution is -0.118. The summed E-state index contributed by atoms with van der Waals surface area (Å²) in [6.45, 7) is 5.35. The summed E-state index contributed by atoms with van der Waals surface area (Å²) in [7, 11) is 0. The van der Waals surface area contributed by atoms with Gasteiger partial charge in [-0.2, -0.15) is 0 Å². The molecule has 0 saturated carbocycles. The zero-order valence-electron chi connectivity index (χ0n) is 10.2. The third-order valence-electron chi connectivity index (χ3n) is 3.39. The Morgan fingerprint density at radius 3 is 2.75 bits per heavy atom. The molecule has 0 aromatic heterocycles. The van der Waals surface area contributed by atoms with Crippen LogP contribution in [-0.2, 0) is 9.59 Å². The highest BCUT2D eigenvalue weighted by Crippen LogP contribution is 2.41. The summed E-state index contributed by atoms with van der Waals surface area (Å²) in [5.74, 6) is 0.139. The van der Waals surface area contributed by atoms with Crippen LogP contribution in [0.3, 0.4) is 0 Å². The Balaban J connectivity index is 2.94. The molecule has 0 aliphatic heterocycles. The Morgan fingerprint density at radius 1 is 1.62 bits per heavy atom. The lowest BCUT2D eigenvalue weighted by Crippen LogP contribution is -2.33. The van der Waals surface area contributed by atoms with Crippen molar-refractivity contribution in [3.63, 3.8) is 0 Å². The van der Waals surface area contributed by atoms with E-state index < -0.39 is 11.5 Å². The number of Topliss-reactive ketones (excluding diaryl/α,β-unsaturated/α-hetero) is 1. The lowest BCUT2D eigenvalue weighted by atomic mass is 9.69. The Labute approximate surface area is 96.5 Å². The molecule has 0 spiro atoms. The highest BCUT2D eigenvalue weighted by atomic mass is 16.3. The van der Waals surface area contributed by atoms with Crippen LogP contribution in [-0.4, -0.2) is 23.3 Å². The molecular weight excluding hydrogens is 204 g/mol. The van der Waals surface area contributed by atoms with Crippen molar-refractivity contribution in [2.24, 2.45) is 5.41 Å². The minimum atomic E-state index is -0.586. The molecule has 0 heterocycles. The van der Waals surface area contributed by atoms with E-state index in [1.54, 1.807) is 6.92 Å². The predicted octanol–water partition coefficient (Wildman–Crippen LogP) is 2.03. The van der Waals surface area contributed by atoms with Gasteiger partial charge in [0.1, 0.15) is 12.1 Å². The van der Waals surface area contributed by atoms with Crippen LogP contribution in [0.1, 0.15) is 46.5 Å². The van der Waals surface area contributed by atoms with Gasteiger partial charge in [-0.3, -0.25) is 0 Å². The van der Waals surface area contributed by atoms with Crippen molar-refractivity contribution in [1.29, 1.82) is 0 Å². The molecule has 1 rings (SSSR count). The van der Waals surface area contributed by atoms with Gasteiger partial charge in [-0.15, -0.1) is 0 Å². The minimum Gasteiger partial charge on any atom is -0.393 e. The van der Waals surface area contributed by atoms with E-state index in [9.17, 15) is 14.7 Å². The summed E-state index contributed by atoms with van der Waals surface area (Å²) in [6.07, 6.45) is 2.69. The molecule has 2 atom stereocenters. The first-order chi connectivity index (χ1) is 7.39. The topological polar surface area (TPSA) is 54.4 Å². The number of aldehydes is 1. The van der Waals surface area contributed by atoms with Crippen molar-refractivity contribution in [3.05, 3.63) is 11.1 Å². The Hall–Kier alpha value is -0.960. The molecule has 1 aliphatic rings. The van der Waals surface area contributed by atoms with Crippen LogP contribution in [0.5, 0.6) is 0 Å². The fourth-order valence-corrected chi connectivity index (χ4v) is 2.57. The van der Waals surface area contributed by atoms with Crippen LogP contribution in [0, 0.1) is 5.41 Å². The SMILES string of the molecule is CC(=O)CCC1=C(C)C[C@@H](O)C[C@]1(C)C=O. The molecule has 0 bridgehead atoms. The van der Waals surface area contributed by atoms with Crippen LogP contribution >= 0.6 is 0 Å². The number of allylic oxidation sites excluding steroid dienone is 1. The van der Waals surface area contributed by atoms with E-state index in [4.69, 9.17) is 0 Å². The summed E-state index contributed by atoms with van der Waals surface area (Å²) in [4.78, 5) is 22.2. The largest absolute Gasteiger partial charge is 0.393 e. The molecular formula is C13H20O3. The van der Waals surface area contributed by atoms with Gasteiger partial charge >= 0.3 is 0 Å². The maximum atomic E-state index is 11.2. The van der Waals surface area contributed by atoms with E-state index in [1.165, 1.54) is 0 Å². The zero-order valence-corrected chi connectivity index (χ0v) is 10.2. The molecule has 0 aromatic carbocycles. The monoisotopic (exact) mass is 224 g/mol. The van der Waals surface area contributed by atoms with Gasteiger partial charge in [-0.25, -0.2) is 0 Å². The summed E-state index contributed by atoms with van der Waals surface area (Å²) in [6, 6.07) is 0. The van der Waals surface area contributed by atoms with Crippen molar-refractivity contribution in [2.75, 3.05) is 0 Å². The second kappa shape index (κ2) is 4.91. The third-order valence-corrected chi connectivity index (χ3v) is 3.39. The zero-order chi connectivity index (χ0) is 12.3. The van der Waals surface area contributed by atoms with E-state index in [0.29, 0.717) is 25.7 Å². The Morgan fingerprint density at radius 2 is 2.25 bits per heavy atom. The van der Waals surface area contributed by atoms with Gasteiger partial charge in [0, 0.05) is 11.8 Å². The first kappa shape index (κ1) is 13.1. The molecule has 1 N–H and O–H groups in total. The van der Waals surface area contributed by atoms with Crippen LogP contribution < -0.4 is 0 Å². The quantitative estimate of drug-likeness (QED) is 0.587. The van der Waals surface area contributed by atoms with Crippen molar-refractivity contribution in [2.45, 2.75) is 52.6 Å². The second-order valence-corrected chi connectivity index (χ2v) is 5.06. The number of carbonyl (C=O) groups excluding carboxylic acids is 2. The van der Waals surface area contributed by atoms with E-state index in [2.05, 4.69) is 0 Å². The van der Waals surface area contributed by atoms with Gasteiger partial charge in [0.05, 0.1) is 6.10 Å².